The Balaban J connectivity index is 3.11. The fraction of sp³-hybridized carbons (Fsp3) is 0.364. The van der Waals surface area contributed by atoms with Gasteiger partial charge in [0.15, 0.2) is 0 Å². The van der Waals surface area contributed by atoms with Crippen LogP contribution >= 0.6 is 11.6 Å². The van der Waals surface area contributed by atoms with E-state index in [0.29, 0.717) is 11.4 Å². The van der Waals surface area contributed by atoms with E-state index < -0.39 is 17.7 Å². The number of carbonyl (C=O) groups is 1. The first kappa shape index (κ1) is 12.0. The highest BCUT2D eigenvalue weighted by atomic mass is 35.5. The van der Waals surface area contributed by atoms with Gasteiger partial charge in [-0.3, -0.25) is 4.79 Å². The fourth-order valence-electron chi connectivity index (χ4n) is 1.44. The van der Waals surface area contributed by atoms with E-state index >= 15 is 0 Å². The smallest absolute Gasteiger partial charge is 0.313 e. The van der Waals surface area contributed by atoms with Gasteiger partial charge in [-0.05, 0) is 24.6 Å². The number of esters is 1. The predicted octanol–water partition coefficient (Wildman–Crippen LogP) is 3.15. The molecule has 0 heterocycles. The van der Waals surface area contributed by atoms with E-state index in [1.807, 2.05) is 0 Å². The minimum absolute atomic E-state index is 0.289. The Morgan fingerprint density at radius 3 is 2.80 bits per heavy atom. The van der Waals surface area contributed by atoms with Crippen LogP contribution in [0.1, 0.15) is 24.8 Å². The molecule has 1 unspecified atom stereocenters. The standard InChI is InChI=1S/C11H12ClFO2/c1-3-8(11(14)15-2)9-6-7(12)4-5-10(9)13/h4-6,8H,3H2,1-2H3. The Morgan fingerprint density at radius 2 is 2.27 bits per heavy atom. The molecule has 0 spiro atoms. The van der Waals surface area contributed by atoms with Crippen LogP contribution in [-0.4, -0.2) is 13.1 Å². The van der Waals surface area contributed by atoms with Gasteiger partial charge in [0, 0.05) is 10.6 Å². The van der Waals surface area contributed by atoms with Gasteiger partial charge >= 0.3 is 5.97 Å². The third-order valence-corrected chi connectivity index (χ3v) is 2.46. The second-order valence-corrected chi connectivity index (χ2v) is 3.59. The van der Waals surface area contributed by atoms with E-state index in [-0.39, 0.29) is 5.56 Å². The summed E-state index contributed by atoms with van der Waals surface area (Å²) in [7, 11) is 1.29. The van der Waals surface area contributed by atoms with Crippen molar-refractivity contribution in [2.45, 2.75) is 19.3 Å². The Bertz CT molecular complexity index is 366. The van der Waals surface area contributed by atoms with Gasteiger partial charge in [-0.1, -0.05) is 18.5 Å². The lowest BCUT2D eigenvalue weighted by molar-refractivity contribution is -0.142. The average Bonchev–Trinajstić information content (AvgIpc) is 2.23. The summed E-state index contributed by atoms with van der Waals surface area (Å²) in [6.45, 7) is 1.79. The summed E-state index contributed by atoms with van der Waals surface area (Å²) >= 11 is 5.75. The predicted molar refractivity (Wildman–Crippen MR) is 56.5 cm³/mol. The summed E-state index contributed by atoms with van der Waals surface area (Å²) in [5.74, 6) is -1.47. The van der Waals surface area contributed by atoms with Crippen molar-refractivity contribution in [3.05, 3.63) is 34.6 Å². The van der Waals surface area contributed by atoms with Gasteiger partial charge in [-0.15, -0.1) is 0 Å². The maximum atomic E-state index is 13.4. The Morgan fingerprint density at radius 1 is 1.60 bits per heavy atom. The van der Waals surface area contributed by atoms with Crippen molar-refractivity contribution in [3.8, 4) is 0 Å². The fourth-order valence-corrected chi connectivity index (χ4v) is 1.62. The van der Waals surface area contributed by atoms with Crippen molar-refractivity contribution < 1.29 is 13.9 Å². The molecule has 1 rings (SSSR count). The van der Waals surface area contributed by atoms with Crippen molar-refractivity contribution in [3.63, 3.8) is 0 Å². The van der Waals surface area contributed by atoms with Crippen molar-refractivity contribution in [1.29, 1.82) is 0 Å². The lowest BCUT2D eigenvalue weighted by Gasteiger charge is -2.13. The summed E-state index contributed by atoms with van der Waals surface area (Å²) in [4.78, 5) is 11.4. The maximum absolute atomic E-state index is 13.4. The van der Waals surface area contributed by atoms with Crippen LogP contribution in [0.15, 0.2) is 18.2 Å². The van der Waals surface area contributed by atoms with Gasteiger partial charge < -0.3 is 4.74 Å². The number of ether oxygens (including phenoxy) is 1. The monoisotopic (exact) mass is 230 g/mol. The number of benzene rings is 1. The van der Waals surface area contributed by atoms with Crippen molar-refractivity contribution in [2.24, 2.45) is 0 Å². The first-order valence-corrected chi connectivity index (χ1v) is 5.00. The Kier molecular flexibility index (Phi) is 4.09. The molecule has 0 radical (unpaired) electrons. The molecule has 0 N–H and O–H groups in total. The molecular formula is C11H12ClFO2. The van der Waals surface area contributed by atoms with Crippen LogP contribution in [0.3, 0.4) is 0 Å². The molecule has 0 aliphatic heterocycles. The minimum Gasteiger partial charge on any atom is -0.469 e. The third kappa shape index (κ3) is 2.69. The molecule has 0 bridgehead atoms. The van der Waals surface area contributed by atoms with Crippen LogP contribution in [0.25, 0.3) is 0 Å². The molecule has 1 aromatic rings. The first-order chi connectivity index (χ1) is 7.10. The maximum Gasteiger partial charge on any atom is 0.313 e. The summed E-state index contributed by atoms with van der Waals surface area (Å²) < 4.78 is 18.0. The van der Waals surface area contributed by atoms with Crippen LogP contribution in [0.4, 0.5) is 4.39 Å². The van der Waals surface area contributed by atoms with E-state index in [1.165, 1.54) is 25.3 Å². The minimum atomic E-state index is -0.589. The lowest BCUT2D eigenvalue weighted by Crippen LogP contribution is -2.14. The number of hydrogen-bond acceptors (Lipinski definition) is 2. The van der Waals surface area contributed by atoms with Gasteiger partial charge in [0.2, 0.25) is 0 Å². The van der Waals surface area contributed by atoms with Gasteiger partial charge in [-0.2, -0.15) is 0 Å². The summed E-state index contributed by atoms with van der Waals surface area (Å²) in [5, 5.41) is 0.411. The van der Waals surface area contributed by atoms with Crippen LogP contribution in [0, 0.1) is 5.82 Å². The third-order valence-electron chi connectivity index (χ3n) is 2.23. The zero-order valence-corrected chi connectivity index (χ0v) is 9.34. The Hall–Kier alpha value is -1.09. The van der Waals surface area contributed by atoms with E-state index in [2.05, 4.69) is 4.74 Å². The molecule has 4 heteroatoms. The number of hydrogen-bond donors (Lipinski definition) is 0. The second-order valence-electron chi connectivity index (χ2n) is 3.15. The van der Waals surface area contributed by atoms with Crippen molar-refractivity contribution in [1.82, 2.24) is 0 Å². The summed E-state index contributed by atoms with van der Waals surface area (Å²) in [5.41, 5.74) is 0.289. The van der Waals surface area contributed by atoms with Gasteiger partial charge in [0.05, 0.1) is 13.0 Å². The topological polar surface area (TPSA) is 26.3 Å². The zero-order chi connectivity index (χ0) is 11.4. The molecule has 2 nitrogen and oxygen atoms in total. The van der Waals surface area contributed by atoms with Crippen molar-refractivity contribution >= 4 is 17.6 Å². The molecule has 82 valence electrons. The van der Waals surface area contributed by atoms with Gasteiger partial charge in [0.25, 0.3) is 0 Å². The molecule has 0 amide bonds. The summed E-state index contributed by atoms with van der Waals surface area (Å²) in [6, 6.07) is 4.16. The van der Waals surface area contributed by atoms with Crippen LogP contribution in [0.2, 0.25) is 5.02 Å². The highest BCUT2D eigenvalue weighted by Gasteiger charge is 2.22. The lowest BCUT2D eigenvalue weighted by atomic mass is 9.96. The second kappa shape index (κ2) is 5.12. The largest absolute Gasteiger partial charge is 0.469 e. The van der Waals surface area contributed by atoms with E-state index in [4.69, 9.17) is 11.6 Å². The molecular weight excluding hydrogens is 219 g/mol. The molecule has 0 aliphatic rings. The first-order valence-electron chi connectivity index (χ1n) is 4.63. The molecule has 1 aromatic carbocycles. The van der Waals surface area contributed by atoms with Crippen molar-refractivity contribution in [2.75, 3.05) is 7.11 Å². The molecule has 0 aliphatic carbocycles. The normalized spacial score (nSPS) is 12.3. The number of halogens is 2. The number of carbonyl (C=O) groups excluding carboxylic acids is 1. The molecule has 0 fully saturated rings. The molecule has 15 heavy (non-hydrogen) atoms. The molecule has 0 saturated carbocycles. The highest BCUT2D eigenvalue weighted by Crippen LogP contribution is 2.26. The highest BCUT2D eigenvalue weighted by molar-refractivity contribution is 6.30. The zero-order valence-electron chi connectivity index (χ0n) is 8.59. The van der Waals surface area contributed by atoms with E-state index in [0.717, 1.165) is 0 Å². The van der Waals surface area contributed by atoms with E-state index in [1.54, 1.807) is 6.92 Å². The SMILES string of the molecule is CCC(C(=O)OC)c1cc(Cl)ccc1F. The van der Waals surface area contributed by atoms with E-state index in [9.17, 15) is 9.18 Å². The average molecular weight is 231 g/mol. The Labute approximate surface area is 93.0 Å². The number of rotatable bonds is 3. The molecule has 0 aromatic heterocycles. The molecule has 1 atom stereocenters. The quantitative estimate of drug-likeness (QED) is 0.746. The van der Waals surface area contributed by atoms with Gasteiger partial charge in [0.1, 0.15) is 5.82 Å². The van der Waals surface area contributed by atoms with Crippen LogP contribution < -0.4 is 0 Å². The summed E-state index contributed by atoms with van der Waals surface area (Å²) in [6.07, 6.45) is 0.476. The van der Waals surface area contributed by atoms with Crippen LogP contribution in [0.5, 0.6) is 0 Å². The van der Waals surface area contributed by atoms with Crippen LogP contribution in [-0.2, 0) is 9.53 Å². The van der Waals surface area contributed by atoms with Gasteiger partial charge in [-0.25, -0.2) is 4.39 Å². The molecule has 0 saturated heterocycles. The number of methoxy groups -OCH3 is 1.